The molecular formula is C65H124O6. The molecule has 0 amide bonds. The van der Waals surface area contributed by atoms with Crippen molar-refractivity contribution in [3.05, 3.63) is 12.2 Å². The Labute approximate surface area is 443 Å². The molecule has 0 aliphatic heterocycles. The number of hydrogen-bond donors (Lipinski definition) is 0. The molecule has 6 heteroatoms. The van der Waals surface area contributed by atoms with E-state index in [1.807, 2.05) is 0 Å². The highest BCUT2D eigenvalue weighted by Gasteiger charge is 2.19. The molecule has 6 nitrogen and oxygen atoms in total. The Bertz CT molecular complexity index is 1100. The molecule has 420 valence electrons. The van der Waals surface area contributed by atoms with Crippen molar-refractivity contribution in [2.45, 2.75) is 374 Å². The lowest BCUT2D eigenvalue weighted by molar-refractivity contribution is -0.167. The molecule has 1 atom stereocenters. The van der Waals surface area contributed by atoms with Gasteiger partial charge >= 0.3 is 17.9 Å². The van der Waals surface area contributed by atoms with Crippen LogP contribution in [0.15, 0.2) is 12.2 Å². The van der Waals surface area contributed by atoms with E-state index < -0.39 is 6.10 Å². The molecule has 0 aromatic rings. The zero-order valence-corrected chi connectivity index (χ0v) is 48.3. The molecule has 0 aromatic heterocycles. The van der Waals surface area contributed by atoms with Crippen molar-refractivity contribution in [2.24, 2.45) is 0 Å². The Balaban J connectivity index is 4.26. The summed E-state index contributed by atoms with van der Waals surface area (Å²) in [5.41, 5.74) is 0. The fraction of sp³-hybridized carbons (Fsp3) is 0.923. The maximum absolute atomic E-state index is 12.9. The number of allylic oxidation sites excluding steroid dienone is 2. The van der Waals surface area contributed by atoms with Crippen LogP contribution in [-0.4, -0.2) is 37.2 Å². The van der Waals surface area contributed by atoms with Gasteiger partial charge in [0.2, 0.25) is 0 Å². The van der Waals surface area contributed by atoms with Gasteiger partial charge in [0.05, 0.1) is 0 Å². The van der Waals surface area contributed by atoms with Crippen LogP contribution in [0, 0.1) is 0 Å². The third-order valence-electron chi connectivity index (χ3n) is 14.8. The summed E-state index contributed by atoms with van der Waals surface area (Å²) in [7, 11) is 0. The summed E-state index contributed by atoms with van der Waals surface area (Å²) in [6, 6.07) is 0. The maximum Gasteiger partial charge on any atom is 0.306 e. The highest BCUT2D eigenvalue weighted by molar-refractivity contribution is 5.71. The van der Waals surface area contributed by atoms with Crippen LogP contribution in [0.25, 0.3) is 0 Å². The van der Waals surface area contributed by atoms with Crippen molar-refractivity contribution in [1.29, 1.82) is 0 Å². The zero-order chi connectivity index (χ0) is 51.4. The smallest absolute Gasteiger partial charge is 0.306 e. The van der Waals surface area contributed by atoms with Gasteiger partial charge in [-0.1, -0.05) is 315 Å². The monoisotopic (exact) mass is 1000 g/mol. The second kappa shape index (κ2) is 60.7. The molecule has 0 rings (SSSR count). The summed E-state index contributed by atoms with van der Waals surface area (Å²) in [5.74, 6) is -0.844. The number of ether oxygens (including phenoxy) is 3. The quantitative estimate of drug-likeness (QED) is 0.0261. The molecule has 0 radical (unpaired) electrons. The van der Waals surface area contributed by atoms with Crippen molar-refractivity contribution in [3.8, 4) is 0 Å². The van der Waals surface area contributed by atoms with Crippen LogP contribution in [0.4, 0.5) is 0 Å². The first-order valence-corrected chi connectivity index (χ1v) is 32.2. The number of unbranched alkanes of at least 4 members (excludes halogenated alkanes) is 47. The number of carbonyl (C=O) groups excluding carboxylic acids is 3. The standard InChI is InChI=1S/C65H124O6/c1-4-7-10-13-16-19-22-25-27-29-31-33-35-37-40-43-46-49-52-55-58-64(67)70-61-62(60-69-63(66)57-54-51-48-45-42-39-24-21-18-15-12-9-6-3)71-65(68)59-56-53-50-47-44-41-38-36-34-32-30-28-26-23-20-17-14-11-8-5-2/h21,24,62H,4-20,22-23,25-61H2,1-3H3/b24-21-. The van der Waals surface area contributed by atoms with E-state index in [9.17, 15) is 14.4 Å². The molecule has 0 aliphatic carbocycles. The normalized spacial score (nSPS) is 12.0. The number of hydrogen-bond acceptors (Lipinski definition) is 6. The predicted molar refractivity (Wildman–Crippen MR) is 307 cm³/mol. The van der Waals surface area contributed by atoms with Crippen LogP contribution in [-0.2, 0) is 28.6 Å². The van der Waals surface area contributed by atoms with Crippen molar-refractivity contribution >= 4 is 17.9 Å². The third-order valence-corrected chi connectivity index (χ3v) is 14.8. The first kappa shape index (κ1) is 69.2. The van der Waals surface area contributed by atoms with E-state index in [0.717, 1.165) is 64.2 Å². The average Bonchev–Trinajstić information content (AvgIpc) is 3.37. The van der Waals surface area contributed by atoms with E-state index in [4.69, 9.17) is 14.2 Å². The second-order valence-corrected chi connectivity index (χ2v) is 22.0. The summed E-state index contributed by atoms with van der Waals surface area (Å²) >= 11 is 0. The second-order valence-electron chi connectivity index (χ2n) is 22.0. The van der Waals surface area contributed by atoms with Crippen LogP contribution in [0.1, 0.15) is 367 Å². The minimum Gasteiger partial charge on any atom is -0.462 e. The van der Waals surface area contributed by atoms with Crippen LogP contribution >= 0.6 is 0 Å². The molecule has 0 aromatic carbocycles. The molecular weight excluding hydrogens is 877 g/mol. The van der Waals surface area contributed by atoms with Gasteiger partial charge in [0, 0.05) is 19.3 Å². The van der Waals surface area contributed by atoms with Gasteiger partial charge in [-0.15, -0.1) is 0 Å². The molecule has 0 heterocycles. The molecule has 0 saturated heterocycles. The van der Waals surface area contributed by atoms with Gasteiger partial charge in [0.25, 0.3) is 0 Å². The Kier molecular flexibility index (Phi) is 59.1. The molecule has 0 aliphatic rings. The van der Waals surface area contributed by atoms with Crippen molar-refractivity contribution in [3.63, 3.8) is 0 Å². The van der Waals surface area contributed by atoms with Crippen molar-refractivity contribution in [1.82, 2.24) is 0 Å². The van der Waals surface area contributed by atoms with Crippen LogP contribution in [0.2, 0.25) is 0 Å². The summed E-state index contributed by atoms with van der Waals surface area (Å²) in [5, 5.41) is 0. The molecule has 0 saturated carbocycles. The third kappa shape index (κ3) is 58.9. The van der Waals surface area contributed by atoms with Crippen molar-refractivity contribution in [2.75, 3.05) is 13.2 Å². The number of carbonyl (C=O) groups is 3. The Hall–Kier alpha value is -1.85. The molecule has 0 spiro atoms. The lowest BCUT2D eigenvalue weighted by Crippen LogP contribution is -2.30. The van der Waals surface area contributed by atoms with Gasteiger partial charge in [0.1, 0.15) is 13.2 Å². The van der Waals surface area contributed by atoms with Crippen LogP contribution in [0.5, 0.6) is 0 Å². The minimum atomic E-state index is -0.768. The first-order chi connectivity index (χ1) is 35.0. The van der Waals surface area contributed by atoms with E-state index in [1.54, 1.807) is 0 Å². The Morgan fingerprint density at radius 1 is 0.268 bits per heavy atom. The topological polar surface area (TPSA) is 78.9 Å². The van der Waals surface area contributed by atoms with Gasteiger partial charge in [0.15, 0.2) is 6.10 Å². The predicted octanol–water partition coefficient (Wildman–Crippen LogP) is 21.7. The largest absolute Gasteiger partial charge is 0.462 e. The molecule has 1 unspecified atom stereocenters. The summed E-state index contributed by atoms with van der Waals surface area (Å²) in [4.78, 5) is 38.3. The van der Waals surface area contributed by atoms with E-state index >= 15 is 0 Å². The van der Waals surface area contributed by atoms with Crippen molar-refractivity contribution < 1.29 is 28.6 Å². The molecule has 0 N–H and O–H groups in total. The lowest BCUT2D eigenvalue weighted by Gasteiger charge is -2.18. The highest BCUT2D eigenvalue weighted by atomic mass is 16.6. The zero-order valence-electron chi connectivity index (χ0n) is 48.3. The first-order valence-electron chi connectivity index (χ1n) is 32.2. The Morgan fingerprint density at radius 2 is 0.465 bits per heavy atom. The molecule has 71 heavy (non-hydrogen) atoms. The van der Waals surface area contributed by atoms with Gasteiger partial charge in [-0.05, 0) is 44.9 Å². The van der Waals surface area contributed by atoms with E-state index in [1.165, 1.54) is 263 Å². The minimum absolute atomic E-state index is 0.0660. The Morgan fingerprint density at radius 3 is 0.718 bits per heavy atom. The summed E-state index contributed by atoms with van der Waals surface area (Å²) in [6.07, 6.45) is 70.8. The van der Waals surface area contributed by atoms with Gasteiger partial charge < -0.3 is 14.2 Å². The van der Waals surface area contributed by atoms with Crippen LogP contribution < -0.4 is 0 Å². The molecule has 0 bridgehead atoms. The van der Waals surface area contributed by atoms with Crippen LogP contribution in [0.3, 0.4) is 0 Å². The fourth-order valence-corrected chi connectivity index (χ4v) is 9.91. The van der Waals surface area contributed by atoms with Gasteiger partial charge in [-0.2, -0.15) is 0 Å². The highest BCUT2D eigenvalue weighted by Crippen LogP contribution is 2.18. The number of esters is 3. The SMILES string of the molecule is CCCCCC/C=C\CCCCCCCC(=O)OCC(COC(=O)CCCCCCCCCCCCCCCCCCCCCC)OC(=O)CCCCCCCCCCCCCCCCCCCCCC. The molecule has 0 fully saturated rings. The van der Waals surface area contributed by atoms with E-state index in [2.05, 4.69) is 32.9 Å². The van der Waals surface area contributed by atoms with E-state index in [-0.39, 0.29) is 31.1 Å². The average molecular weight is 1000 g/mol. The van der Waals surface area contributed by atoms with Gasteiger partial charge in [-0.3, -0.25) is 14.4 Å². The maximum atomic E-state index is 12.9. The van der Waals surface area contributed by atoms with Gasteiger partial charge in [-0.25, -0.2) is 0 Å². The summed E-state index contributed by atoms with van der Waals surface area (Å²) < 4.78 is 16.9. The lowest BCUT2D eigenvalue weighted by atomic mass is 10.0. The number of rotatable bonds is 60. The summed E-state index contributed by atoms with van der Waals surface area (Å²) in [6.45, 7) is 6.70. The van der Waals surface area contributed by atoms with E-state index in [0.29, 0.717) is 19.3 Å². The fourth-order valence-electron chi connectivity index (χ4n) is 9.91.